The summed E-state index contributed by atoms with van der Waals surface area (Å²) in [6, 6.07) is 1.18. The van der Waals surface area contributed by atoms with Crippen LogP contribution in [0.5, 0.6) is 23.0 Å². The van der Waals surface area contributed by atoms with Crippen LogP contribution in [0.25, 0.3) is 5.57 Å². The summed E-state index contributed by atoms with van der Waals surface area (Å²) in [5, 5.41) is 40.3. The van der Waals surface area contributed by atoms with E-state index in [0.717, 1.165) is 22.8 Å². The van der Waals surface area contributed by atoms with Gasteiger partial charge >= 0.3 is 0 Å². The van der Waals surface area contributed by atoms with Gasteiger partial charge in [0.2, 0.25) is 11.5 Å². The van der Waals surface area contributed by atoms with E-state index in [4.69, 9.17) is 0 Å². The van der Waals surface area contributed by atoms with Crippen molar-refractivity contribution in [2.24, 2.45) is 20.0 Å². The van der Waals surface area contributed by atoms with Crippen molar-refractivity contribution in [2.75, 3.05) is 0 Å². The SMILES string of the molecule is Oc1cc(C2=CC3=NC2=CC2=NC(=CC4=NC(=CC5=NC(=C3)C=C5)C=C4)C=C2)c(O)c(O)c1O.[Ag]. The van der Waals surface area contributed by atoms with Crippen molar-refractivity contribution in [3.05, 3.63) is 101 Å². The summed E-state index contributed by atoms with van der Waals surface area (Å²) in [5.74, 6) is -2.74. The Kier molecular flexibility index (Phi) is 5.49. The van der Waals surface area contributed by atoms with Gasteiger partial charge in [0.15, 0.2) is 11.5 Å². The maximum atomic E-state index is 10.5. The molecule has 5 aliphatic rings. The minimum Gasteiger partial charge on any atom is -0.504 e. The van der Waals surface area contributed by atoms with Gasteiger partial charge in [-0.05, 0) is 72.9 Å². The summed E-state index contributed by atoms with van der Waals surface area (Å²) in [5.41, 5.74) is 5.90. The molecule has 0 saturated heterocycles. The molecule has 0 aliphatic carbocycles. The molecule has 6 rings (SSSR count). The Labute approximate surface area is 215 Å². The number of hydrogen-bond donors (Lipinski definition) is 4. The molecule has 1 radical (unpaired) electrons. The summed E-state index contributed by atoms with van der Waals surface area (Å²) in [6.07, 6.45) is 20.2. The average Bonchev–Trinajstić information content (AvgIpc) is 3.60. The molecule has 0 atom stereocenters. The summed E-state index contributed by atoms with van der Waals surface area (Å²) < 4.78 is 0. The van der Waals surface area contributed by atoms with Gasteiger partial charge in [0, 0.05) is 33.5 Å². The number of phenolic OH excluding ortho intramolecular Hbond substituents is 4. The fraction of sp³-hybridized carbons (Fsp3) is 0. The van der Waals surface area contributed by atoms with Gasteiger partial charge < -0.3 is 20.4 Å². The van der Waals surface area contributed by atoms with E-state index >= 15 is 0 Å². The topological polar surface area (TPSA) is 130 Å². The molecule has 0 spiro atoms. The largest absolute Gasteiger partial charge is 0.504 e. The molecule has 0 aromatic heterocycles. The van der Waals surface area contributed by atoms with E-state index in [1.165, 1.54) is 6.07 Å². The van der Waals surface area contributed by atoms with Gasteiger partial charge in [0.05, 0.1) is 45.6 Å². The summed E-state index contributed by atoms with van der Waals surface area (Å²) in [4.78, 5) is 18.4. The molecular weight excluding hydrogens is 540 g/mol. The van der Waals surface area contributed by atoms with E-state index in [0.29, 0.717) is 28.4 Å². The Morgan fingerprint density at radius 3 is 1.57 bits per heavy atom. The summed E-state index contributed by atoms with van der Waals surface area (Å²) in [6.45, 7) is 0. The molecule has 1 aromatic carbocycles. The minimum atomic E-state index is -0.811. The first-order valence-corrected chi connectivity index (χ1v) is 10.4. The molecule has 4 N–H and O–H groups in total. The fourth-order valence-corrected chi connectivity index (χ4v) is 3.95. The molecule has 5 aliphatic heterocycles. The third kappa shape index (κ3) is 4.10. The van der Waals surface area contributed by atoms with Gasteiger partial charge in [0.25, 0.3) is 0 Å². The van der Waals surface area contributed by atoms with Crippen molar-refractivity contribution in [3.63, 3.8) is 0 Å². The number of aromatic hydroxyl groups is 4. The molecular formula is C26H16AgN4O4. The van der Waals surface area contributed by atoms with Crippen LogP contribution in [0.4, 0.5) is 0 Å². The summed E-state index contributed by atoms with van der Waals surface area (Å²) >= 11 is 0. The van der Waals surface area contributed by atoms with Crippen LogP contribution in [-0.2, 0) is 22.4 Å². The third-order valence-electron chi connectivity index (χ3n) is 5.56. The number of fused-ring (bicyclic) bond motifs is 4. The van der Waals surface area contributed by atoms with Gasteiger partial charge in [-0.1, -0.05) is 0 Å². The van der Waals surface area contributed by atoms with Crippen LogP contribution in [0.3, 0.4) is 0 Å². The van der Waals surface area contributed by atoms with Gasteiger partial charge in [-0.15, -0.1) is 0 Å². The zero-order valence-electron chi connectivity index (χ0n) is 17.8. The predicted octanol–water partition coefficient (Wildman–Crippen LogP) is 3.93. The predicted molar refractivity (Wildman–Crippen MR) is 131 cm³/mol. The fourth-order valence-electron chi connectivity index (χ4n) is 3.95. The van der Waals surface area contributed by atoms with Crippen LogP contribution in [0, 0.1) is 0 Å². The van der Waals surface area contributed by atoms with Crippen LogP contribution < -0.4 is 0 Å². The normalized spacial score (nSPS) is 19.1. The number of nitrogens with zero attached hydrogens (tertiary/aromatic N) is 4. The molecule has 0 fully saturated rings. The first kappa shape index (κ1) is 22.5. The van der Waals surface area contributed by atoms with E-state index in [2.05, 4.69) is 20.0 Å². The monoisotopic (exact) mass is 555 g/mol. The first-order chi connectivity index (χ1) is 16.4. The van der Waals surface area contributed by atoms with Crippen LogP contribution in [0.1, 0.15) is 5.56 Å². The molecule has 8 bridgehead atoms. The zero-order chi connectivity index (χ0) is 23.4. The third-order valence-corrected chi connectivity index (χ3v) is 5.56. The van der Waals surface area contributed by atoms with E-state index in [9.17, 15) is 20.4 Å². The quantitative estimate of drug-likeness (QED) is 0.237. The Morgan fingerprint density at radius 1 is 0.486 bits per heavy atom. The van der Waals surface area contributed by atoms with Crippen molar-refractivity contribution in [1.29, 1.82) is 0 Å². The second-order valence-electron chi connectivity index (χ2n) is 7.93. The maximum Gasteiger partial charge on any atom is 0.204 e. The molecule has 1 aromatic rings. The van der Waals surface area contributed by atoms with Crippen molar-refractivity contribution in [2.45, 2.75) is 0 Å². The second-order valence-corrected chi connectivity index (χ2v) is 7.93. The average molecular weight is 556 g/mol. The van der Waals surface area contributed by atoms with Gasteiger partial charge in [-0.25, -0.2) is 20.0 Å². The van der Waals surface area contributed by atoms with Crippen LogP contribution >= 0.6 is 0 Å². The van der Waals surface area contributed by atoms with Crippen LogP contribution in [0.2, 0.25) is 0 Å². The van der Waals surface area contributed by atoms with Gasteiger partial charge in [0.1, 0.15) is 0 Å². The van der Waals surface area contributed by atoms with Crippen LogP contribution in [0.15, 0.2) is 116 Å². The Balaban J connectivity index is 0.00000253. The van der Waals surface area contributed by atoms with E-state index in [1.54, 1.807) is 18.2 Å². The Hall–Kier alpha value is -4.24. The molecule has 35 heavy (non-hydrogen) atoms. The second kappa shape index (κ2) is 8.52. The zero-order valence-corrected chi connectivity index (χ0v) is 19.3. The van der Waals surface area contributed by atoms with Crippen molar-refractivity contribution in [3.8, 4) is 23.0 Å². The summed E-state index contributed by atoms with van der Waals surface area (Å²) in [7, 11) is 0. The van der Waals surface area contributed by atoms with Gasteiger partial charge in [-0.3, -0.25) is 0 Å². The molecule has 9 heteroatoms. The van der Waals surface area contributed by atoms with E-state index in [1.807, 2.05) is 48.6 Å². The first-order valence-electron chi connectivity index (χ1n) is 10.4. The van der Waals surface area contributed by atoms with Crippen molar-refractivity contribution >= 4 is 28.4 Å². The minimum absolute atomic E-state index is 0. The van der Waals surface area contributed by atoms with Crippen LogP contribution in [-0.4, -0.2) is 43.3 Å². The standard InChI is InChI=1S/C26H16N4O4.Ag/c31-23-12-21(24(32)26(34)25(23)33)20-10-19-9-17-4-3-15(28-17)7-13-1-2-14(27-13)8-16-5-6-18(29-16)11-22(20)30-19;/h1-12,31-34H;. The maximum absolute atomic E-state index is 10.5. The number of rotatable bonds is 1. The van der Waals surface area contributed by atoms with Gasteiger partial charge in [-0.2, -0.15) is 0 Å². The molecule has 8 nitrogen and oxygen atoms in total. The van der Waals surface area contributed by atoms with E-state index < -0.39 is 23.0 Å². The molecule has 0 saturated carbocycles. The molecule has 175 valence electrons. The Morgan fingerprint density at radius 2 is 1.00 bits per heavy atom. The number of allylic oxidation sites excluding steroid dienone is 12. The van der Waals surface area contributed by atoms with Crippen molar-refractivity contribution < 1.29 is 42.8 Å². The number of benzene rings is 1. The van der Waals surface area contributed by atoms with Crippen molar-refractivity contribution in [1.82, 2.24) is 0 Å². The number of phenols is 4. The number of aliphatic imine (C=N–C) groups is 4. The van der Waals surface area contributed by atoms with E-state index in [-0.39, 0.29) is 27.9 Å². The molecule has 0 amide bonds. The molecule has 0 unspecified atom stereocenters. The smallest absolute Gasteiger partial charge is 0.204 e. The Bertz CT molecular complexity index is 1570. The number of hydrogen-bond acceptors (Lipinski definition) is 8. The molecule has 5 heterocycles.